The van der Waals surface area contributed by atoms with E-state index in [0.29, 0.717) is 32.9 Å². The minimum absolute atomic E-state index is 0.0680. The van der Waals surface area contributed by atoms with E-state index < -0.39 is 0 Å². The van der Waals surface area contributed by atoms with E-state index in [1.807, 2.05) is 36.4 Å². The Bertz CT molecular complexity index is 1060. The number of hydrogen-bond acceptors (Lipinski definition) is 4. The number of rotatable bonds is 5. The van der Waals surface area contributed by atoms with Gasteiger partial charge in [-0.2, -0.15) is 0 Å². The smallest absolute Gasteiger partial charge is 0.170 e. The summed E-state index contributed by atoms with van der Waals surface area (Å²) in [5.74, 6) is 1.89. The zero-order valence-electron chi connectivity index (χ0n) is 15.7. The Morgan fingerprint density at radius 3 is 2.62 bits per heavy atom. The third-order valence-electron chi connectivity index (χ3n) is 4.78. The van der Waals surface area contributed by atoms with E-state index in [1.54, 1.807) is 31.4 Å². The van der Waals surface area contributed by atoms with Gasteiger partial charge in [0.2, 0.25) is 0 Å². The third-order valence-corrected chi connectivity index (χ3v) is 5.31. The quantitative estimate of drug-likeness (QED) is 0.478. The van der Waals surface area contributed by atoms with Gasteiger partial charge in [-0.3, -0.25) is 4.79 Å². The van der Waals surface area contributed by atoms with Crippen LogP contribution in [-0.2, 0) is 6.61 Å². The Balaban J connectivity index is 1.58. The number of Topliss-reactive ketones (excluding diaryl/α,β-unsaturated/α-hetero) is 1. The summed E-state index contributed by atoms with van der Waals surface area (Å²) in [6, 6.07) is 18.1. The number of carbonyl (C=O) groups is 1. The summed E-state index contributed by atoms with van der Waals surface area (Å²) >= 11 is 12.1. The van der Waals surface area contributed by atoms with Crippen LogP contribution in [0.4, 0.5) is 0 Å². The maximum atomic E-state index is 12.5. The minimum Gasteiger partial charge on any atom is -0.496 e. The molecule has 0 unspecified atom stereocenters. The van der Waals surface area contributed by atoms with Crippen molar-refractivity contribution in [1.29, 1.82) is 0 Å². The van der Waals surface area contributed by atoms with E-state index in [4.69, 9.17) is 37.4 Å². The van der Waals surface area contributed by atoms with Crippen molar-refractivity contribution in [3.8, 4) is 17.2 Å². The summed E-state index contributed by atoms with van der Waals surface area (Å²) in [6.07, 6.45) is -0.0756. The van der Waals surface area contributed by atoms with Crippen molar-refractivity contribution in [2.75, 3.05) is 7.11 Å². The zero-order chi connectivity index (χ0) is 20.4. The molecule has 1 heterocycles. The number of fused-ring (bicyclic) bond motifs is 1. The highest BCUT2D eigenvalue weighted by molar-refractivity contribution is 6.35. The molecule has 29 heavy (non-hydrogen) atoms. The van der Waals surface area contributed by atoms with E-state index in [-0.39, 0.29) is 24.9 Å². The van der Waals surface area contributed by atoms with Crippen molar-refractivity contribution in [2.45, 2.75) is 19.1 Å². The topological polar surface area (TPSA) is 44.8 Å². The zero-order valence-corrected chi connectivity index (χ0v) is 17.2. The first-order valence-electron chi connectivity index (χ1n) is 9.08. The van der Waals surface area contributed by atoms with Crippen molar-refractivity contribution < 1.29 is 19.0 Å². The molecule has 1 atom stereocenters. The van der Waals surface area contributed by atoms with Crippen molar-refractivity contribution >= 4 is 29.0 Å². The summed E-state index contributed by atoms with van der Waals surface area (Å²) in [7, 11) is 1.60. The number of para-hydroxylation sites is 1. The Kier molecular flexibility index (Phi) is 5.65. The van der Waals surface area contributed by atoms with Gasteiger partial charge < -0.3 is 14.2 Å². The lowest BCUT2D eigenvalue weighted by Crippen LogP contribution is -2.20. The predicted octanol–water partition coefficient (Wildman–Crippen LogP) is 6.29. The van der Waals surface area contributed by atoms with Crippen LogP contribution >= 0.6 is 23.2 Å². The van der Waals surface area contributed by atoms with E-state index >= 15 is 0 Å². The monoisotopic (exact) mass is 428 g/mol. The van der Waals surface area contributed by atoms with Crippen LogP contribution in [0, 0.1) is 0 Å². The molecule has 148 valence electrons. The predicted molar refractivity (Wildman–Crippen MR) is 113 cm³/mol. The van der Waals surface area contributed by atoms with Crippen LogP contribution in [0.1, 0.15) is 34.0 Å². The molecule has 0 amide bonds. The fourth-order valence-corrected chi connectivity index (χ4v) is 3.78. The van der Waals surface area contributed by atoms with Gasteiger partial charge in [-0.25, -0.2) is 0 Å². The molecule has 0 saturated heterocycles. The molecular formula is C23H18Cl2O4. The largest absolute Gasteiger partial charge is 0.496 e. The molecule has 1 aliphatic heterocycles. The van der Waals surface area contributed by atoms with Crippen LogP contribution in [0.5, 0.6) is 17.2 Å². The normalized spacial score (nSPS) is 15.4. The molecular weight excluding hydrogens is 411 g/mol. The second-order valence-electron chi connectivity index (χ2n) is 6.66. The van der Waals surface area contributed by atoms with Crippen LogP contribution in [-0.4, -0.2) is 12.9 Å². The maximum absolute atomic E-state index is 12.5. The molecule has 0 N–H and O–H groups in total. The lowest BCUT2D eigenvalue weighted by atomic mass is 9.95. The first-order valence-corrected chi connectivity index (χ1v) is 9.84. The number of ketones is 1. The molecule has 1 aliphatic rings. The van der Waals surface area contributed by atoms with Gasteiger partial charge in [0.25, 0.3) is 0 Å². The fourth-order valence-electron chi connectivity index (χ4n) is 3.32. The van der Waals surface area contributed by atoms with Crippen LogP contribution in [0.3, 0.4) is 0 Å². The van der Waals surface area contributed by atoms with Crippen LogP contribution in [0.2, 0.25) is 10.0 Å². The van der Waals surface area contributed by atoms with E-state index in [9.17, 15) is 4.79 Å². The number of ether oxygens (including phenoxy) is 3. The molecule has 0 aromatic heterocycles. The first kappa shape index (κ1) is 19.6. The number of methoxy groups -OCH3 is 1. The summed E-state index contributed by atoms with van der Waals surface area (Å²) in [4.78, 5) is 12.5. The second kappa shape index (κ2) is 8.36. The highest BCUT2D eigenvalue weighted by Gasteiger charge is 2.27. The molecule has 0 aliphatic carbocycles. The van der Waals surface area contributed by atoms with Crippen molar-refractivity contribution in [2.24, 2.45) is 0 Å². The molecule has 3 aromatic rings. The molecule has 0 bridgehead atoms. The summed E-state index contributed by atoms with van der Waals surface area (Å²) in [6.45, 7) is 0.246. The van der Waals surface area contributed by atoms with E-state index in [2.05, 4.69) is 0 Å². The van der Waals surface area contributed by atoms with Crippen molar-refractivity contribution in [3.63, 3.8) is 0 Å². The van der Waals surface area contributed by atoms with Gasteiger partial charge in [-0.05, 0) is 48.0 Å². The third kappa shape index (κ3) is 4.19. The van der Waals surface area contributed by atoms with E-state index in [1.165, 1.54) is 0 Å². The highest BCUT2D eigenvalue weighted by atomic mass is 35.5. The molecule has 0 saturated carbocycles. The lowest BCUT2D eigenvalue weighted by molar-refractivity contribution is 0.0850. The van der Waals surface area contributed by atoms with Crippen molar-refractivity contribution in [3.05, 3.63) is 87.4 Å². The molecule has 6 heteroatoms. The molecule has 0 radical (unpaired) electrons. The molecule has 3 aromatic carbocycles. The first-order chi connectivity index (χ1) is 14.0. The van der Waals surface area contributed by atoms with Gasteiger partial charge in [-0.15, -0.1) is 0 Å². The molecule has 0 spiro atoms. The number of benzene rings is 3. The number of carbonyl (C=O) groups excluding carboxylic acids is 1. The average Bonchev–Trinajstić information content (AvgIpc) is 2.73. The van der Waals surface area contributed by atoms with Crippen LogP contribution in [0.25, 0.3) is 0 Å². The molecule has 4 rings (SSSR count). The summed E-state index contributed by atoms with van der Waals surface area (Å²) in [5, 5.41) is 0.978. The second-order valence-corrected chi connectivity index (χ2v) is 7.51. The lowest BCUT2D eigenvalue weighted by Gasteiger charge is -2.26. The van der Waals surface area contributed by atoms with Gasteiger partial charge in [0.1, 0.15) is 30.0 Å². The summed E-state index contributed by atoms with van der Waals surface area (Å²) in [5.41, 5.74) is 2.33. The molecule has 0 fully saturated rings. The van der Waals surface area contributed by atoms with Crippen molar-refractivity contribution in [1.82, 2.24) is 0 Å². The fraction of sp³-hybridized carbons (Fsp3) is 0.174. The Hall–Kier alpha value is -2.69. The van der Waals surface area contributed by atoms with Crippen LogP contribution < -0.4 is 14.2 Å². The van der Waals surface area contributed by atoms with Gasteiger partial charge >= 0.3 is 0 Å². The van der Waals surface area contributed by atoms with E-state index in [0.717, 1.165) is 11.1 Å². The summed E-state index contributed by atoms with van der Waals surface area (Å²) < 4.78 is 17.4. The SMILES string of the molecule is COc1ccc([C@@H]2CC(=O)c3ccccc3O2)cc1COc1ccc(Cl)cc1Cl. The van der Waals surface area contributed by atoms with Gasteiger partial charge in [0.05, 0.1) is 24.1 Å². The van der Waals surface area contributed by atoms with Gasteiger partial charge in [0, 0.05) is 10.6 Å². The van der Waals surface area contributed by atoms with Gasteiger partial charge in [-0.1, -0.05) is 41.4 Å². The molecule has 4 nitrogen and oxygen atoms in total. The van der Waals surface area contributed by atoms with Crippen LogP contribution in [0.15, 0.2) is 60.7 Å². The standard InChI is InChI=1S/C23H18Cl2O4/c1-27-20-8-6-14(23-12-19(26)17-4-2-3-5-21(17)29-23)10-15(20)13-28-22-9-7-16(24)11-18(22)25/h2-11,23H,12-13H2,1H3/t23-/m0/s1. The Morgan fingerprint density at radius 1 is 1.03 bits per heavy atom. The highest BCUT2D eigenvalue weighted by Crippen LogP contribution is 2.36. The number of hydrogen-bond donors (Lipinski definition) is 0. The Morgan fingerprint density at radius 2 is 1.83 bits per heavy atom. The van der Waals surface area contributed by atoms with Gasteiger partial charge in [0.15, 0.2) is 5.78 Å². The number of halogens is 2. The minimum atomic E-state index is -0.360. The average molecular weight is 429 g/mol. The Labute approximate surface area is 178 Å². The maximum Gasteiger partial charge on any atom is 0.170 e.